The second-order valence-electron chi connectivity index (χ2n) is 4.84. The van der Waals surface area contributed by atoms with E-state index in [9.17, 15) is 4.79 Å². The van der Waals surface area contributed by atoms with E-state index in [1.807, 2.05) is 6.92 Å². The van der Waals surface area contributed by atoms with Crippen molar-refractivity contribution in [2.75, 3.05) is 0 Å². The van der Waals surface area contributed by atoms with E-state index in [1.54, 1.807) is 10.7 Å². The monoisotopic (exact) mass is 245 g/mol. The van der Waals surface area contributed by atoms with Crippen LogP contribution >= 0.6 is 0 Å². The third-order valence-electron chi connectivity index (χ3n) is 3.40. The second kappa shape index (κ2) is 5.72. The Morgan fingerprint density at radius 3 is 2.94 bits per heavy atom. The molecule has 1 fully saturated rings. The lowest BCUT2D eigenvalue weighted by atomic mass is 9.95. The first-order valence-electron chi connectivity index (χ1n) is 6.49. The minimum Gasteiger partial charge on any atom is -0.348 e. The smallest absolute Gasteiger partial charge is 0.272 e. The number of aryl methyl sites for hydroxylation is 1. The van der Waals surface area contributed by atoms with E-state index in [-0.39, 0.29) is 5.91 Å². The van der Waals surface area contributed by atoms with Gasteiger partial charge in [-0.2, -0.15) is 5.10 Å². The lowest BCUT2D eigenvalue weighted by Gasteiger charge is -2.22. The molecule has 0 saturated heterocycles. The molecule has 4 nitrogen and oxygen atoms in total. The summed E-state index contributed by atoms with van der Waals surface area (Å²) in [5.41, 5.74) is 1.38. The van der Waals surface area contributed by atoms with Gasteiger partial charge in [-0.1, -0.05) is 25.2 Å². The first kappa shape index (κ1) is 12.7. The summed E-state index contributed by atoms with van der Waals surface area (Å²) in [6, 6.07) is 2.10. The molecule has 1 aromatic heterocycles. The molecular weight excluding hydrogens is 226 g/mol. The fraction of sp³-hybridized carbons (Fsp3) is 0.571. The maximum Gasteiger partial charge on any atom is 0.272 e. The Bertz CT molecular complexity index is 464. The number of hydrogen-bond acceptors (Lipinski definition) is 2. The molecule has 0 unspecified atom stereocenters. The number of amides is 1. The molecule has 1 heterocycles. The lowest BCUT2D eigenvalue weighted by molar-refractivity contribution is 0.0922. The van der Waals surface area contributed by atoms with Crippen LogP contribution in [0.2, 0.25) is 0 Å². The van der Waals surface area contributed by atoms with Gasteiger partial charge in [-0.25, -0.2) is 0 Å². The Morgan fingerprint density at radius 2 is 2.28 bits per heavy atom. The molecule has 2 rings (SSSR count). The van der Waals surface area contributed by atoms with Crippen LogP contribution in [0, 0.1) is 19.3 Å². The Labute approximate surface area is 108 Å². The van der Waals surface area contributed by atoms with Gasteiger partial charge >= 0.3 is 0 Å². The van der Waals surface area contributed by atoms with E-state index in [0.717, 1.165) is 18.5 Å². The van der Waals surface area contributed by atoms with Crippen LogP contribution in [0.3, 0.4) is 0 Å². The zero-order valence-corrected chi connectivity index (χ0v) is 10.8. The minimum atomic E-state index is -0.0826. The average Bonchev–Trinajstić information content (AvgIpc) is 2.73. The molecule has 0 bridgehead atoms. The Kier molecular flexibility index (Phi) is 4.03. The van der Waals surface area contributed by atoms with Gasteiger partial charge in [0.05, 0.1) is 0 Å². The summed E-state index contributed by atoms with van der Waals surface area (Å²) in [7, 11) is 0. The highest BCUT2D eigenvalue weighted by atomic mass is 16.2. The van der Waals surface area contributed by atoms with Crippen molar-refractivity contribution < 1.29 is 4.79 Å². The third kappa shape index (κ3) is 2.92. The molecule has 0 atom stereocenters. The largest absolute Gasteiger partial charge is 0.348 e. The van der Waals surface area contributed by atoms with Gasteiger partial charge in [0, 0.05) is 11.7 Å². The highest BCUT2D eigenvalue weighted by molar-refractivity contribution is 5.92. The fourth-order valence-corrected chi connectivity index (χ4v) is 2.37. The summed E-state index contributed by atoms with van der Waals surface area (Å²) in [6.07, 6.45) is 11.1. The van der Waals surface area contributed by atoms with Crippen LogP contribution in [-0.4, -0.2) is 21.7 Å². The van der Waals surface area contributed by atoms with Crippen LogP contribution in [-0.2, 0) is 6.54 Å². The summed E-state index contributed by atoms with van der Waals surface area (Å²) in [5.74, 6) is 2.44. The lowest BCUT2D eigenvalue weighted by Crippen LogP contribution is -2.36. The van der Waals surface area contributed by atoms with Gasteiger partial charge in [-0.3, -0.25) is 9.48 Å². The number of nitrogens with zero attached hydrogens (tertiary/aromatic N) is 2. The average molecular weight is 245 g/mol. The van der Waals surface area contributed by atoms with Crippen molar-refractivity contribution in [2.24, 2.45) is 0 Å². The van der Waals surface area contributed by atoms with E-state index in [4.69, 9.17) is 6.42 Å². The van der Waals surface area contributed by atoms with Crippen molar-refractivity contribution in [3.05, 3.63) is 17.5 Å². The van der Waals surface area contributed by atoms with Gasteiger partial charge in [0.15, 0.2) is 0 Å². The molecule has 1 aromatic rings. The quantitative estimate of drug-likeness (QED) is 0.827. The summed E-state index contributed by atoms with van der Waals surface area (Å²) < 4.78 is 1.68. The number of carbonyl (C=O) groups is 1. The van der Waals surface area contributed by atoms with Crippen LogP contribution in [0.5, 0.6) is 0 Å². The van der Waals surface area contributed by atoms with Crippen molar-refractivity contribution in [1.82, 2.24) is 15.1 Å². The molecule has 0 radical (unpaired) electrons. The molecule has 96 valence electrons. The highest BCUT2D eigenvalue weighted by Crippen LogP contribution is 2.17. The maximum absolute atomic E-state index is 12.0. The summed E-state index contributed by atoms with van der Waals surface area (Å²) in [4.78, 5) is 12.0. The predicted octanol–water partition coefficient (Wildman–Crippen LogP) is 1.89. The van der Waals surface area contributed by atoms with E-state index in [2.05, 4.69) is 16.3 Å². The highest BCUT2D eigenvalue weighted by Gasteiger charge is 2.18. The molecule has 0 spiro atoms. The first-order valence-corrected chi connectivity index (χ1v) is 6.49. The molecule has 1 aliphatic rings. The normalized spacial score (nSPS) is 16.2. The molecular formula is C14H19N3O. The van der Waals surface area contributed by atoms with Crippen LogP contribution in [0.1, 0.15) is 48.3 Å². The second-order valence-corrected chi connectivity index (χ2v) is 4.84. The zero-order valence-electron chi connectivity index (χ0n) is 10.8. The third-order valence-corrected chi connectivity index (χ3v) is 3.40. The Hall–Kier alpha value is -1.76. The van der Waals surface area contributed by atoms with Crippen molar-refractivity contribution in [3.8, 4) is 12.3 Å². The van der Waals surface area contributed by atoms with Crippen molar-refractivity contribution in [3.63, 3.8) is 0 Å². The number of nitrogens with one attached hydrogen (secondary N) is 1. The molecule has 1 saturated carbocycles. The fourth-order valence-electron chi connectivity index (χ4n) is 2.37. The minimum absolute atomic E-state index is 0.0826. The molecule has 0 aliphatic heterocycles. The van der Waals surface area contributed by atoms with Gasteiger partial charge in [0.2, 0.25) is 0 Å². The zero-order chi connectivity index (χ0) is 13.0. The number of rotatable bonds is 3. The van der Waals surface area contributed by atoms with Crippen LogP contribution in [0.4, 0.5) is 0 Å². The van der Waals surface area contributed by atoms with E-state index in [1.165, 1.54) is 19.3 Å². The molecule has 4 heteroatoms. The molecule has 0 aromatic carbocycles. The van der Waals surface area contributed by atoms with Gasteiger partial charge in [-0.15, -0.1) is 6.42 Å². The van der Waals surface area contributed by atoms with E-state index >= 15 is 0 Å². The molecule has 18 heavy (non-hydrogen) atoms. The van der Waals surface area contributed by atoms with E-state index < -0.39 is 0 Å². The maximum atomic E-state index is 12.0. The van der Waals surface area contributed by atoms with Crippen molar-refractivity contribution in [1.29, 1.82) is 0 Å². The van der Waals surface area contributed by atoms with Crippen LogP contribution in [0.15, 0.2) is 6.07 Å². The first-order chi connectivity index (χ1) is 8.70. The molecule has 1 amide bonds. The van der Waals surface area contributed by atoms with Gasteiger partial charge < -0.3 is 5.32 Å². The summed E-state index contributed by atoms with van der Waals surface area (Å²) >= 11 is 0. The number of carbonyl (C=O) groups excluding carboxylic acids is 1. The molecule has 1 N–H and O–H groups in total. The number of terminal acetylenes is 1. The predicted molar refractivity (Wildman–Crippen MR) is 70.1 cm³/mol. The van der Waals surface area contributed by atoms with Crippen molar-refractivity contribution in [2.45, 2.75) is 51.6 Å². The van der Waals surface area contributed by atoms with Crippen LogP contribution < -0.4 is 5.32 Å². The standard InChI is InChI=1S/C14H19N3O/c1-3-9-17-11(2)10-13(16-17)14(18)15-12-7-5-4-6-8-12/h1,10,12H,4-9H2,2H3,(H,15,18). The Morgan fingerprint density at radius 1 is 1.56 bits per heavy atom. The topological polar surface area (TPSA) is 46.9 Å². The van der Waals surface area contributed by atoms with Gasteiger partial charge in [0.25, 0.3) is 5.91 Å². The van der Waals surface area contributed by atoms with Crippen LogP contribution in [0.25, 0.3) is 0 Å². The van der Waals surface area contributed by atoms with Gasteiger partial charge in [-0.05, 0) is 25.8 Å². The van der Waals surface area contributed by atoms with Gasteiger partial charge in [0.1, 0.15) is 12.2 Å². The van der Waals surface area contributed by atoms with Crippen molar-refractivity contribution >= 4 is 5.91 Å². The number of hydrogen-bond donors (Lipinski definition) is 1. The summed E-state index contributed by atoms with van der Waals surface area (Å²) in [6.45, 7) is 2.31. The molecule has 1 aliphatic carbocycles. The van der Waals surface area contributed by atoms with E-state index in [0.29, 0.717) is 18.3 Å². The summed E-state index contributed by atoms with van der Waals surface area (Å²) in [5, 5.41) is 7.28. The number of aromatic nitrogens is 2. The SMILES string of the molecule is C#CCn1nc(C(=O)NC2CCCCC2)cc1C. The Balaban J connectivity index is 2.00.